The van der Waals surface area contributed by atoms with E-state index in [0.29, 0.717) is 11.3 Å². The molecule has 1 aliphatic heterocycles. The Balaban J connectivity index is 1.57. The third-order valence-corrected chi connectivity index (χ3v) is 7.95. The first kappa shape index (κ1) is 26.8. The maximum Gasteiger partial charge on any atom is 0.277 e. The van der Waals surface area contributed by atoms with E-state index in [0.717, 1.165) is 16.3 Å². The smallest absolute Gasteiger partial charge is 0.277 e. The Morgan fingerprint density at radius 3 is 2.56 bits per heavy atom. The number of fused-ring (bicyclic) bond motifs is 1. The molecule has 1 aromatic carbocycles. The molecular formula is C25H24F4N6O3S. The molecule has 14 heteroatoms. The maximum atomic E-state index is 13.5. The number of carbonyl (C=O) groups is 1. The SMILES string of the molecule is CN(c1cc(-c2cncn2C)ccc1Nc1cc(CC(=O)[C@@H]2CC2(F)F)nc2c1N=C(C(F)F)C2)S(C)(=O)=O. The third-order valence-electron chi connectivity index (χ3n) is 6.76. The number of rotatable bonds is 9. The minimum Gasteiger partial charge on any atom is -0.352 e. The van der Waals surface area contributed by atoms with Crippen LogP contribution in [0.15, 0.2) is 41.8 Å². The number of nitrogens with one attached hydrogen (secondary N) is 1. The molecule has 0 amide bonds. The van der Waals surface area contributed by atoms with Crippen LogP contribution in [0.2, 0.25) is 0 Å². The molecule has 1 aliphatic carbocycles. The average Bonchev–Trinajstić information content (AvgIpc) is 3.16. The lowest BCUT2D eigenvalue weighted by Gasteiger charge is -2.23. The molecule has 9 nitrogen and oxygen atoms in total. The highest BCUT2D eigenvalue weighted by molar-refractivity contribution is 7.92. The first-order chi connectivity index (χ1) is 18.2. The van der Waals surface area contributed by atoms with Gasteiger partial charge in [-0.2, -0.15) is 0 Å². The predicted molar refractivity (Wildman–Crippen MR) is 138 cm³/mol. The molecule has 1 saturated carbocycles. The van der Waals surface area contributed by atoms with Crippen molar-refractivity contribution in [2.75, 3.05) is 22.9 Å². The van der Waals surface area contributed by atoms with Crippen molar-refractivity contribution in [3.8, 4) is 11.3 Å². The number of hydrogen-bond donors (Lipinski definition) is 1. The van der Waals surface area contributed by atoms with Gasteiger partial charge in [0.15, 0.2) is 0 Å². The summed E-state index contributed by atoms with van der Waals surface area (Å²) in [6.45, 7) is 0. The zero-order valence-electron chi connectivity index (χ0n) is 21.1. The molecule has 2 aliphatic rings. The van der Waals surface area contributed by atoms with Crippen LogP contribution in [0.4, 0.5) is 40.3 Å². The van der Waals surface area contributed by atoms with Crippen molar-refractivity contribution in [2.45, 2.75) is 31.6 Å². The average molecular weight is 565 g/mol. The summed E-state index contributed by atoms with van der Waals surface area (Å²) in [5.41, 5.74) is 2.11. The number of Topliss-reactive ketones (excluding diaryl/α,β-unsaturated/α-hetero) is 1. The largest absolute Gasteiger partial charge is 0.352 e. The number of halogens is 4. The van der Waals surface area contributed by atoms with Crippen molar-refractivity contribution < 1.29 is 30.8 Å². The van der Waals surface area contributed by atoms with Gasteiger partial charge in [0.2, 0.25) is 10.0 Å². The van der Waals surface area contributed by atoms with Gasteiger partial charge < -0.3 is 9.88 Å². The van der Waals surface area contributed by atoms with Gasteiger partial charge in [-0.05, 0) is 18.2 Å². The lowest BCUT2D eigenvalue weighted by atomic mass is 10.1. The molecule has 2 aromatic heterocycles. The zero-order valence-corrected chi connectivity index (χ0v) is 21.9. The second-order valence-electron chi connectivity index (χ2n) is 9.68. The van der Waals surface area contributed by atoms with Gasteiger partial charge >= 0.3 is 0 Å². The summed E-state index contributed by atoms with van der Waals surface area (Å²) >= 11 is 0. The number of alkyl halides is 4. The second-order valence-corrected chi connectivity index (χ2v) is 11.7. The van der Waals surface area contributed by atoms with Gasteiger partial charge in [-0.15, -0.1) is 0 Å². The quantitative estimate of drug-likeness (QED) is 0.389. The van der Waals surface area contributed by atoms with Crippen LogP contribution in [-0.4, -0.2) is 60.1 Å². The van der Waals surface area contributed by atoms with Crippen molar-refractivity contribution >= 4 is 44.3 Å². The number of carbonyl (C=O) groups excluding carboxylic acids is 1. The Bertz CT molecular complexity index is 1620. The summed E-state index contributed by atoms with van der Waals surface area (Å²) < 4.78 is 81.6. The number of aromatic nitrogens is 3. The fraction of sp³-hybridized carbons (Fsp3) is 0.360. The number of anilines is 3. The molecule has 0 unspecified atom stereocenters. The van der Waals surface area contributed by atoms with Crippen LogP contribution in [0.1, 0.15) is 17.8 Å². The lowest BCUT2D eigenvalue weighted by molar-refractivity contribution is -0.121. The second kappa shape index (κ2) is 9.43. The van der Waals surface area contributed by atoms with E-state index in [4.69, 9.17) is 0 Å². The third kappa shape index (κ3) is 5.24. The van der Waals surface area contributed by atoms with Gasteiger partial charge in [-0.3, -0.25) is 14.1 Å². The number of pyridine rings is 1. The van der Waals surface area contributed by atoms with Crippen molar-refractivity contribution in [3.05, 3.63) is 48.2 Å². The number of sulfonamides is 1. The van der Waals surface area contributed by atoms with Gasteiger partial charge in [0.1, 0.15) is 11.5 Å². The van der Waals surface area contributed by atoms with Gasteiger partial charge in [0.05, 0.1) is 64.6 Å². The van der Waals surface area contributed by atoms with Gasteiger partial charge in [-0.1, -0.05) is 6.07 Å². The van der Waals surface area contributed by atoms with Crippen LogP contribution in [-0.2, 0) is 34.7 Å². The van der Waals surface area contributed by atoms with Crippen LogP contribution in [0.3, 0.4) is 0 Å². The molecule has 206 valence electrons. The van der Waals surface area contributed by atoms with Crippen LogP contribution in [0.5, 0.6) is 0 Å². The lowest BCUT2D eigenvalue weighted by Crippen LogP contribution is -2.25. The summed E-state index contributed by atoms with van der Waals surface area (Å²) in [6, 6.07) is 6.38. The standard InChI is InChI=1S/C25H24F4N6O3S/c1-34-12-30-11-21(34)13-4-5-16(20(6-13)35(2)39(3,37)38)32-17-7-14(8-22(36)15-10-25(15,28)29)31-18-9-19(24(26)27)33-23(17)18/h4-7,11-12,15,24H,8-10H2,1-3H3,(H,31,32)/t15-/m0/s1. The first-order valence-electron chi connectivity index (χ1n) is 11.8. The highest BCUT2D eigenvalue weighted by Gasteiger charge is 2.60. The molecule has 0 bridgehead atoms. The molecule has 39 heavy (non-hydrogen) atoms. The topological polar surface area (TPSA) is 110 Å². The van der Waals surface area contributed by atoms with E-state index in [-0.39, 0.29) is 34.9 Å². The number of benzene rings is 1. The van der Waals surface area contributed by atoms with E-state index < -0.39 is 52.6 Å². The highest BCUT2D eigenvalue weighted by Crippen LogP contribution is 2.49. The minimum atomic E-state index is -3.72. The number of imidazole rings is 1. The molecule has 3 aromatic rings. The fourth-order valence-electron chi connectivity index (χ4n) is 4.44. The Kier molecular flexibility index (Phi) is 6.48. The number of aliphatic imine (C=N–C) groups is 1. The monoisotopic (exact) mass is 564 g/mol. The number of aryl methyl sites for hydroxylation is 1. The molecule has 0 spiro atoms. The minimum absolute atomic E-state index is 0.113. The fourth-order valence-corrected chi connectivity index (χ4v) is 4.95. The van der Waals surface area contributed by atoms with Crippen molar-refractivity contribution in [3.63, 3.8) is 0 Å². The normalized spacial score (nSPS) is 17.6. The van der Waals surface area contributed by atoms with E-state index in [1.165, 1.54) is 13.1 Å². The predicted octanol–water partition coefficient (Wildman–Crippen LogP) is 4.28. The highest BCUT2D eigenvalue weighted by atomic mass is 32.2. The van der Waals surface area contributed by atoms with Crippen molar-refractivity contribution in [1.82, 2.24) is 14.5 Å². The summed E-state index contributed by atoms with van der Waals surface area (Å²) in [7, 11) is -0.566. The first-order valence-corrected chi connectivity index (χ1v) is 13.7. The molecule has 5 rings (SSSR count). The molecule has 1 atom stereocenters. The number of ketones is 1. The molecule has 1 fully saturated rings. The molecule has 3 heterocycles. The zero-order chi connectivity index (χ0) is 28.3. The Labute approximate surface area is 221 Å². The summed E-state index contributed by atoms with van der Waals surface area (Å²) in [6.07, 6.45) is 0.225. The van der Waals surface area contributed by atoms with E-state index in [2.05, 4.69) is 20.3 Å². The van der Waals surface area contributed by atoms with Gasteiger partial charge in [0.25, 0.3) is 12.3 Å². The summed E-state index contributed by atoms with van der Waals surface area (Å²) in [4.78, 5) is 24.8. The van der Waals surface area contributed by atoms with Crippen molar-refractivity contribution in [2.24, 2.45) is 18.0 Å². The molecular weight excluding hydrogens is 540 g/mol. The van der Waals surface area contributed by atoms with E-state index in [9.17, 15) is 30.8 Å². The molecule has 0 saturated heterocycles. The van der Waals surface area contributed by atoms with Crippen molar-refractivity contribution in [1.29, 1.82) is 0 Å². The molecule has 0 radical (unpaired) electrons. The Morgan fingerprint density at radius 2 is 1.97 bits per heavy atom. The van der Waals surface area contributed by atoms with Gasteiger partial charge in [-0.25, -0.2) is 36.0 Å². The van der Waals surface area contributed by atoms with E-state index in [1.807, 2.05) is 0 Å². The van der Waals surface area contributed by atoms with Gasteiger partial charge in [0, 0.05) is 38.9 Å². The number of hydrogen-bond acceptors (Lipinski definition) is 7. The van der Waals surface area contributed by atoms with Crippen LogP contribution < -0.4 is 9.62 Å². The van der Waals surface area contributed by atoms with E-state index >= 15 is 0 Å². The van der Waals surface area contributed by atoms with Crippen LogP contribution >= 0.6 is 0 Å². The Hall–Kier alpha value is -3.81. The summed E-state index contributed by atoms with van der Waals surface area (Å²) in [5, 5.41) is 3.07. The van der Waals surface area contributed by atoms with Crippen LogP contribution in [0, 0.1) is 5.92 Å². The number of nitrogens with zero attached hydrogens (tertiary/aromatic N) is 5. The maximum absolute atomic E-state index is 13.5. The molecule has 1 N–H and O–H groups in total. The Morgan fingerprint density at radius 1 is 1.26 bits per heavy atom. The van der Waals surface area contributed by atoms with Crippen LogP contribution in [0.25, 0.3) is 11.3 Å². The summed E-state index contributed by atoms with van der Waals surface area (Å²) in [5.74, 6) is -5.11. The van der Waals surface area contributed by atoms with E-state index in [1.54, 1.807) is 42.3 Å².